The second-order valence-corrected chi connectivity index (χ2v) is 9.87. The summed E-state index contributed by atoms with van der Waals surface area (Å²) in [6, 6.07) is 3.18. The molecule has 1 aliphatic rings. The van der Waals surface area contributed by atoms with Gasteiger partial charge in [-0.15, -0.1) is 0 Å². The van der Waals surface area contributed by atoms with Gasteiger partial charge in [0.1, 0.15) is 28.3 Å². The van der Waals surface area contributed by atoms with Gasteiger partial charge in [0.25, 0.3) is 0 Å². The largest absolute Gasteiger partial charge is 0.507 e. The number of aromatic hydroxyl groups is 2. The molecule has 190 valence electrons. The molecular formula is C25H37N7O3. The van der Waals surface area contributed by atoms with Crippen molar-refractivity contribution < 1.29 is 14.9 Å². The van der Waals surface area contributed by atoms with E-state index < -0.39 is 0 Å². The number of hydrogen-bond donors (Lipinski definition) is 5. The number of hydrogen-bond acceptors (Lipinski definition) is 9. The smallest absolute Gasteiger partial charge is 0.225 e. The number of phenols is 2. The average molecular weight is 484 g/mol. The van der Waals surface area contributed by atoms with Crippen molar-refractivity contribution in [3.63, 3.8) is 0 Å². The lowest BCUT2D eigenvalue weighted by Gasteiger charge is -2.29. The first-order valence-electron chi connectivity index (χ1n) is 12.3. The molecule has 2 atom stereocenters. The number of nitrogens with one attached hydrogen (secondary N) is 2. The molecule has 2 unspecified atom stereocenters. The van der Waals surface area contributed by atoms with Crippen molar-refractivity contribution in [1.82, 2.24) is 19.7 Å². The number of ether oxygens (including phenoxy) is 1. The number of methoxy groups -OCH3 is 1. The van der Waals surface area contributed by atoms with Crippen LogP contribution in [-0.2, 0) is 6.54 Å². The Morgan fingerprint density at radius 1 is 1.11 bits per heavy atom. The third-order valence-corrected chi connectivity index (χ3v) is 6.59. The van der Waals surface area contributed by atoms with E-state index in [1.165, 1.54) is 19.2 Å². The summed E-state index contributed by atoms with van der Waals surface area (Å²) in [5, 5.41) is 32.6. The summed E-state index contributed by atoms with van der Waals surface area (Å²) in [7, 11) is 1.48. The van der Waals surface area contributed by atoms with Gasteiger partial charge in [-0.25, -0.2) is 4.98 Å². The fraction of sp³-hybridized carbons (Fsp3) is 0.560. The van der Waals surface area contributed by atoms with Gasteiger partial charge in [0.2, 0.25) is 5.95 Å². The zero-order valence-electron chi connectivity index (χ0n) is 21.2. The summed E-state index contributed by atoms with van der Waals surface area (Å²) >= 11 is 0. The number of nitrogens with zero attached hydrogens (tertiary/aromatic N) is 4. The lowest BCUT2D eigenvalue weighted by atomic mass is 9.91. The van der Waals surface area contributed by atoms with Crippen LogP contribution in [-0.4, -0.2) is 49.2 Å². The predicted octanol–water partition coefficient (Wildman–Crippen LogP) is 4.24. The van der Waals surface area contributed by atoms with Crippen molar-refractivity contribution in [3.8, 4) is 17.2 Å². The third-order valence-electron chi connectivity index (χ3n) is 6.59. The zero-order chi connectivity index (χ0) is 25.3. The van der Waals surface area contributed by atoms with E-state index in [9.17, 15) is 10.2 Å². The fourth-order valence-corrected chi connectivity index (χ4v) is 4.61. The maximum Gasteiger partial charge on any atom is 0.225 e. The third kappa shape index (κ3) is 5.07. The van der Waals surface area contributed by atoms with Gasteiger partial charge in [0.05, 0.1) is 18.4 Å². The first kappa shape index (κ1) is 24.8. The second-order valence-electron chi connectivity index (χ2n) is 9.87. The van der Waals surface area contributed by atoms with E-state index in [1.54, 1.807) is 0 Å². The van der Waals surface area contributed by atoms with E-state index in [0.29, 0.717) is 23.1 Å². The molecule has 1 saturated carbocycles. The topological polar surface area (TPSA) is 143 Å². The predicted molar refractivity (Wildman–Crippen MR) is 137 cm³/mol. The van der Waals surface area contributed by atoms with Crippen LogP contribution >= 0.6 is 0 Å². The van der Waals surface area contributed by atoms with Crippen LogP contribution in [0.25, 0.3) is 11.0 Å². The van der Waals surface area contributed by atoms with E-state index >= 15 is 0 Å². The molecule has 1 fully saturated rings. The van der Waals surface area contributed by atoms with Gasteiger partial charge >= 0.3 is 0 Å². The number of anilines is 2. The quantitative estimate of drug-likeness (QED) is 0.318. The molecule has 0 radical (unpaired) electrons. The maximum atomic E-state index is 10.5. The molecule has 10 nitrogen and oxygen atoms in total. The lowest BCUT2D eigenvalue weighted by molar-refractivity contribution is 0.394. The number of aromatic nitrogens is 4. The summed E-state index contributed by atoms with van der Waals surface area (Å²) < 4.78 is 7.05. The minimum absolute atomic E-state index is 0.0515. The van der Waals surface area contributed by atoms with Crippen molar-refractivity contribution in [3.05, 3.63) is 23.4 Å². The minimum atomic E-state index is -0.0635. The number of rotatable bonds is 8. The van der Waals surface area contributed by atoms with Gasteiger partial charge < -0.3 is 31.3 Å². The second kappa shape index (κ2) is 10.2. The highest BCUT2D eigenvalue weighted by Gasteiger charge is 2.26. The van der Waals surface area contributed by atoms with Crippen molar-refractivity contribution in [2.75, 3.05) is 17.7 Å². The molecule has 1 aliphatic carbocycles. The number of phenolic OH excluding ortho intramolecular Hbond substituents is 2. The molecule has 10 heteroatoms. The summed E-state index contributed by atoms with van der Waals surface area (Å²) in [6.07, 6.45) is 4.21. The molecule has 6 N–H and O–H groups in total. The summed E-state index contributed by atoms with van der Waals surface area (Å²) in [5.41, 5.74) is 9.18. The van der Waals surface area contributed by atoms with Crippen molar-refractivity contribution in [2.24, 2.45) is 5.73 Å². The Labute approximate surface area is 205 Å². The first-order valence-corrected chi connectivity index (χ1v) is 12.3. The number of fused-ring (bicyclic) bond motifs is 1. The number of benzene rings is 1. The van der Waals surface area contributed by atoms with Gasteiger partial charge in [-0.2, -0.15) is 10.1 Å². The highest BCUT2D eigenvalue weighted by atomic mass is 16.5. The number of nitrogens with two attached hydrogens (primary N) is 1. The summed E-state index contributed by atoms with van der Waals surface area (Å²) in [4.78, 5) is 9.70. The zero-order valence-corrected chi connectivity index (χ0v) is 21.2. The Morgan fingerprint density at radius 3 is 2.40 bits per heavy atom. The van der Waals surface area contributed by atoms with Crippen LogP contribution in [0.4, 0.5) is 11.8 Å². The molecular weight excluding hydrogens is 446 g/mol. The van der Waals surface area contributed by atoms with E-state index in [4.69, 9.17) is 25.5 Å². The molecule has 0 bridgehead atoms. The summed E-state index contributed by atoms with van der Waals surface area (Å²) in [5.74, 6) is 1.49. The minimum Gasteiger partial charge on any atom is -0.507 e. The standard InChI is InChI=1S/C25H37N7O3/c1-13(2)21-22-23(32(31-21)14(3)4)24(27-12-16-19(33)10-15(35-5)11-20(16)34)30-25(29-22)28-18-9-7-6-8-17(18)26/h10-11,13-14,17-18,33-34H,6-9,12,26H2,1-5H3,(H2,27,28,29,30). The molecule has 4 rings (SSSR count). The molecule has 1 aromatic carbocycles. The van der Waals surface area contributed by atoms with Crippen LogP contribution < -0.4 is 21.1 Å². The molecule has 0 spiro atoms. The fourth-order valence-electron chi connectivity index (χ4n) is 4.61. The van der Waals surface area contributed by atoms with E-state index in [1.807, 2.05) is 4.68 Å². The normalized spacial score (nSPS) is 18.4. The van der Waals surface area contributed by atoms with Crippen LogP contribution in [0.15, 0.2) is 12.1 Å². The van der Waals surface area contributed by atoms with Gasteiger partial charge in [-0.3, -0.25) is 4.68 Å². The Balaban J connectivity index is 1.77. The van der Waals surface area contributed by atoms with Crippen LogP contribution in [0.2, 0.25) is 0 Å². The van der Waals surface area contributed by atoms with Gasteiger partial charge in [-0.05, 0) is 32.6 Å². The van der Waals surface area contributed by atoms with Gasteiger partial charge in [-0.1, -0.05) is 26.7 Å². The van der Waals surface area contributed by atoms with E-state index in [-0.39, 0.29) is 42.1 Å². The van der Waals surface area contributed by atoms with E-state index in [0.717, 1.165) is 42.4 Å². The Morgan fingerprint density at radius 2 is 1.80 bits per heavy atom. The molecule has 3 aromatic rings. The lowest BCUT2D eigenvalue weighted by Crippen LogP contribution is -2.43. The Hall–Kier alpha value is -3.27. The first-order chi connectivity index (χ1) is 16.7. The molecule has 0 aliphatic heterocycles. The van der Waals surface area contributed by atoms with Crippen molar-refractivity contribution >= 4 is 22.8 Å². The van der Waals surface area contributed by atoms with Crippen molar-refractivity contribution in [1.29, 1.82) is 0 Å². The monoisotopic (exact) mass is 483 g/mol. The maximum absolute atomic E-state index is 10.5. The average Bonchev–Trinajstić information content (AvgIpc) is 3.20. The molecule has 2 heterocycles. The summed E-state index contributed by atoms with van der Waals surface area (Å²) in [6.45, 7) is 8.47. The molecule has 0 saturated heterocycles. The SMILES string of the molecule is COc1cc(O)c(CNc2nc(NC3CCCCC3N)nc3c(C(C)C)nn(C(C)C)c23)c(O)c1. The van der Waals surface area contributed by atoms with Crippen molar-refractivity contribution in [2.45, 2.75) is 84.0 Å². The van der Waals surface area contributed by atoms with Crippen LogP contribution in [0.1, 0.15) is 76.6 Å². The van der Waals surface area contributed by atoms with Crippen LogP contribution in [0.3, 0.4) is 0 Å². The van der Waals surface area contributed by atoms with Gasteiger partial charge in [0, 0.05) is 36.8 Å². The Bertz CT molecular complexity index is 1170. The highest BCUT2D eigenvalue weighted by Crippen LogP contribution is 2.35. The van der Waals surface area contributed by atoms with Crippen LogP contribution in [0.5, 0.6) is 17.2 Å². The molecule has 0 amide bonds. The highest BCUT2D eigenvalue weighted by molar-refractivity contribution is 5.89. The van der Waals surface area contributed by atoms with Gasteiger partial charge in [0.15, 0.2) is 5.82 Å². The van der Waals surface area contributed by atoms with Crippen LogP contribution in [0, 0.1) is 0 Å². The molecule has 2 aromatic heterocycles. The molecule has 35 heavy (non-hydrogen) atoms. The van der Waals surface area contributed by atoms with E-state index in [2.05, 4.69) is 38.3 Å². The Kier molecular flexibility index (Phi) is 7.20.